The van der Waals surface area contributed by atoms with Crippen LogP contribution in [0.15, 0.2) is 58.5 Å². The van der Waals surface area contributed by atoms with Gasteiger partial charge in [-0.1, -0.05) is 17.3 Å². The van der Waals surface area contributed by atoms with Crippen LogP contribution >= 0.6 is 0 Å². The molecule has 0 aliphatic carbocycles. The first-order chi connectivity index (χ1) is 14.2. The summed E-state index contributed by atoms with van der Waals surface area (Å²) in [7, 11) is 0. The number of nitrogens with zero attached hydrogens (tertiary/aromatic N) is 7. The van der Waals surface area contributed by atoms with Gasteiger partial charge in [-0.15, -0.1) is 0 Å². The quantitative estimate of drug-likeness (QED) is 0.504. The standard InChI is InChI=1S/C19H15N7O3/c27-16(10-26-11-22-14-4-2-1-3-13(14)19(26)28)25-8-12(9-25)18-23-17(24-29-18)15-7-20-5-6-21-15/h1-7,11-12H,8-10H2. The summed E-state index contributed by atoms with van der Waals surface area (Å²) in [4.78, 5) is 43.4. The summed E-state index contributed by atoms with van der Waals surface area (Å²) in [6.07, 6.45) is 6.08. The molecule has 1 aromatic carbocycles. The highest BCUT2D eigenvalue weighted by Crippen LogP contribution is 2.27. The lowest BCUT2D eigenvalue weighted by atomic mass is 10.00. The predicted molar refractivity (Wildman–Crippen MR) is 101 cm³/mol. The Labute approximate surface area is 163 Å². The lowest BCUT2D eigenvalue weighted by molar-refractivity contribution is -0.136. The Hall–Kier alpha value is -3.95. The molecule has 0 spiro atoms. The van der Waals surface area contributed by atoms with Crippen molar-refractivity contribution in [3.05, 3.63) is 65.4 Å². The first kappa shape index (κ1) is 17.2. The van der Waals surface area contributed by atoms with Crippen molar-refractivity contribution in [2.75, 3.05) is 13.1 Å². The molecule has 1 aliphatic rings. The second-order valence-electron chi connectivity index (χ2n) is 6.74. The lowest BCUT2D eigenvalue weighted by Crippen LogP contribution is -2.50. The molecule has 0 saturated carbocycles. The van der Waals surface area contributed by atoms with E-state index in [1.165, 1.54) is 10.9 Å². The van der Waals surface area contributed by atoms with Gasteiger partial charge in [-0.25, -0.2) is 9.97 Å². The molecule has 1 fully saturated rings. The van der Waals surface area contributed by atoms with Gasteiger partial charge in [0.2, 0.25) is 17.6 Å². The van der Waals surface area contributed by atoms with Gasteiger partial charge in [-0.05, 0) is 12.1 Å². The van der Waals surface area contributed by atoms with Gasteiger partial charge in [0.05, 0.1) is 29.3 Å². The normalized spacial score (nSPS) is 14.1. The fourth-order valence-corrected chi connectivity index (χ4v) is 3.22. The van der Waals surface area contributed by atoms with E-state index in [1.54, 1.807) is 41.7 Å². The lowest BCUT2D eigenvalue weighted by Gasteiger charge is -2.37. The maximum absolute atomic E-state index is 12.5. The van der Waals surface area contributed by atoms with Gasteiger partial charge >= 0.3 is 0 Å². The summed E-state index contributed by atoms with van der Waals surface area (Å²) in [5, 5.41) is 4.41. The van der Waals surface area contributed by atoms with Crippen LogP contribution in [0, 0.1) is 0 Å². The van der Waals surface area contributed by atoms with Crippen LogP contribution in [0.5, 0.6) is 0 Å². The maximum Gasteiger partial charge on any atom is 0.261 e. The summed E-state index contributed by atoms with van der Waals surface area (Å²) in [6.45, 7) is 0.853. The number of aromatic nitrogens is 6. The van der Waals surface area contributed by atoms with Crippen LogP contribution in [-0.4, -0.2) is 53.6 Å². The molecule has 4 heterocycles. The topological polar surface area (TPSA) is 120 Å². The third kappa shape index (κ3) is 3.14. The third-order valence-corrected chi connectivity index (χ3v) is 4.85. The Morgan fingerprint density at radius 3 is 2.86 bits per heavy atom. The molecule has 0 radical (unpaired) electrons. The minimum absolute atomic E-state index is 0.0386. The monoisotopic (exact) mass is 389 g/mol. The van der Waals surface area contributed by atoms with Crippen molar-refractivity contribution in [3.8, 4) is 11.5 Å². The summed E-state index contributed by atoms with van der Waals surface area (Å²) < 4.78 is 6.63. The zero-order chi connectivity index (χ0) is 19.8. The molecule has 1 aliphatic heterocycles. The van der Waals surface area contributed by atoms with E-state index in [9.17, 15) is 9.59 Å². The molecule has 1 saturated heterocycles. The van der Waals surface area contributed by atoms with Gasteiger partial charge in [0.15, 0.2) is 0 Å². The number of carbonyl (C=O) groups excluding carboxylic acids is 1. The van der Waals surface area contributed by atoms with Gasteiger partial charge < -0.3 is 9.42 Å². The molecule has 4 aromatic rings. The second kappa shape index (κ2) is 6.89. The first-order valence-corrected chi connectivity index (χ1v) is 9.01. The molecule has 144 valence electrons. The van der Waals surface area contributed by atoms with Crippen LogP contribution in [0.4, 0.5) is 0 Å². The first-order valence-electron chi connectivity index (χ1n) is 9.01. The number of rotatable bonds is 4. The van der Waals surface area contributed by atoms with Crippen LogP contribution in [-0.2, 0) is 11.3 Å². The highest BCUT2D eigenvalue weighted by Gasteiger charge is 2.35. The number of carbonyl (C=O) groups is 1. The number of benzene rings is 1. The smallest absolute Gasteiger partial charge is 0.261 e. The van der Waals surface area contributed by atoms with E-state index in [-0.39, 0.29) is 23.9 Å². The summed E-state index contributed by atoms with van der Waals surface area (Å²) in [5.74, 6) is 0.628. The van der Waals surface area contributed by atoms with E-state index in [4.69, 9.17) is 4.52 Å². The molecule has 29 heavy (non-hydrogen) atoms. The zero-order valence-electron chi connectivity index (χ0n) is 15.2. The van der Waals surface area contributed by atoms with Crippen molar-refractivity contribution in [3.63, 3.8) is 0 Å². The predicted octanol–water partition coefficient (Wildman–Crippen LogP) is 0.862. The number of fused-ring (bicyclic) bond motifs is 1. The Morgan fingerprint density at radius 1 is 1.17 bits per heavy atom. The summed E-state index contributed by atoms with van der Waals surface area (Å²) >= 11 is 0. The van der Waals surface area contributed by atoms with E-state index < -0.39 is 0 Å². The largest absolute Gasteiger partial charge is 0.339 e. The zero-order valence-corrected chi connectivity index (χ0v) is 15.2. The van der Waals surface area contributed by atoms with Crippen molar-refractivity contribution in [1.29, 1.82) is 0 Å². The van der Waals surface area contributed by atoms with E-state index in [1.807, 2.05) is 6.07 Å². The van der Waals surface area contributed by atoms with Crippen LogP contribution in [0.1, 0.15) is 11.8 Å². The van der Waals surface area contributed by atoms with Crippen LogP contribution in [0.2, 0.25) is 0 Å². The minimum Gasteiger partial charge on any atom is -0.339 e. The van der Waals surface area contributed by atoms with Gasteiger partial charge in [-0.3, -0.25) is 19.1 Å². The van der Waals surface area contributed by atoms with Crippen molar-refractivity contribution in [2.45, 2.75) is 12.5 Å². The Bertz CT molecular complexity index is 1250. The number of hydrogen-bond donors (Lipinski definition) is 0. The van der Waals surface area contributed by atoms with Crippen LogP contribution in [0.25, 0.3) is 22.4 Å². The summed E-state index contributed by atoms with van der Waals surface area (Å²) in [6, 6.07) is 7.06. The van der Waals surface area contributed by atoms with E-state index in [2.05, 4.69) is 25.1 Å². The molecular formula is C19H15N7O3. The van der Waals surface area contributed by atoms with E-state index >= 15 is 0 Å². The number of likely N-dealkylation sites (tertiary alicyclic amines) is 1. The Morgan fingerprint density at radius 2 is 2.03 bits per heavy atom. The van der Waals surface area contributed by atoms with Crippen molar-refractivity contribution in [1.82, 2.24) is 34.6 Å². The fraction of sp³-hybridized carbons (Fsp3) is 0.211. The molecule has 0 atom stereocenters. The van der Waals surface area contributed by atoms with Crippen molar-refractivity contribution < 1.29 is 9.32 Å². The SMILES string of the molecule is O=C(Cn1cnc2ccccc2c1=O)N1CC(c2nc(-c3cnccn3)no2)C1. The van der Waals surface area contributed by atoms with Gasteiger partial charge in [0.1, 0.15) is 12.2 Å². The average Bonchev–Trinajstić information content (AvgIpc) is 3.19. The molecule has 5 rings (SSSR count). The van der Waals surface area contributed by atoms with E-state index in [0.29, 0.717) is 41.4 Å². The highest BCUT2D eigenvalue weighted by atomic mass is 16.5. The van der Waals surface area contributed by atoms with Crippen molar-refractivity contribution >= 4 is 16.8 Å². The van der Waals surface area contributed by atoms with Gasteiger partial charge in [0, 0.05) is 25.5 Å². The van der Waals surface area contributed by atoms with E-state index in [0.717, 1.165) is 0 Å². The number of para-hydroxylation sites is 1. The van der Waals surface area contributed by atoms with Crippen LogP contribution < -0.4 is 5.56 Å². The molecular weight excluding hydrogens is 374 g/mol. The van der Waals surface area contributed by atoms with Crippen LogP contribution in [0.3, 0.4) is 0 Å². The average molecular weight is 389 g/mol. The molecule has 0 unspecified atom stereocenters. The number of amides is 1. The molecule has 10 heteroatoms. The van der Waals surface area contributed by atoms with Gasteiger partial charge in [-0.2, -0.15) is 4.98 Å². The molecule has 3 aromatic heterocycles. The molecule has 0 bridgehead atoms. The summed E-state index contributed by atoms with van der Waals surface area (Å²) in [5.41, 5.74) is 0.907. The third-order valence-electron chi connectivity index (χ3n) is 4.85. The Kier molecular flexibility index (Phi) is 4.08. The second-order valence-corrected chi connectivity index (χ2v) is 6.74. The molecule has 0 N–H and O–H groups in total. The minimum atomic E-state index is -0.230. The van der Waals surface area contributed by atoms with Crippen molar-refractivity contribution in [2.24, 2.45) is 0 Å². The molecule has 1 amide bonds. The maximum atomic E-state index is 12.5. The Balaban J connectivity index is 1.25. The fourth-order valence-electron chi connectivity index (χ4n) is 3.22. The van der Waals surface area contributed by atoms with Gasteiger partial charge in [0.25, 0.3) is 5.56 Å². The molecule has 10 nitrogen and oxygen atoms in total. The highest BCUT2D eigenvalue weighted by molar-refractivity contribution is 5.79. The number of hydrogen-bond acceptors (Lipinski definition) is 8.